The lowest BCUT2D eigenvalue weighted by molar-refractivity contribution is -0.138. The van der Waals surface area contributed by atoms with Gasteiger partial charge in [-0.05, 0) is 18.1 Å². The lowest BCUT2D eigenvalue weighted by Gasteiger charge is -2.25. The van der Waals surface area contributed by atoms with Gasteiger partial charge < -0.3 is 4.90 Å². The first-order valence-corrected chi connectivity index (χ1v) is 5.83. The molecule has 1 heterocycles. The Hall–Kier alpha value is -1.12. The zero-order chi connectivity index (χ0) is 12.1. The topological polar surface area (TPSA) is 37.4 Å². The monoisotopic (exact) mass is 221 g/mol. The smallest absolute Gasteiger partial charge is 0.228 e. The number of Topliss-reactive ketones (excluding diaryl/α,β-unsaturated/α-hetero) is 1. The minimum Gasteiger partial charge on any atom is -0.338 e. The molecule has 16 heavy (non-hydrogen) atoms. The molecule has 1 aliphatic carbocycles. The lowest BCUT2D eigenvalue weighted by Crippen LogP contribution is -2.38. The molecular formula is C13H19NO2. The second-order valence-corrected chi connectivity index (χ2v) is 5.91. The average molecular weight is 221 g/mol. The number of carbonyl (C=O) groups excluding carboxylic acids is 2. The van der Waals surface area contributed by atoms with Crippen molar-refractivity contribution < 1.29 is 9.59 Å². The Morgan fingerprint density at radius 1 is 1.38 bits per heavy atom. The van der Waals surface area contributed by atoms with E-state index in [-0.39, 0.29) is 17.1 Å². The van der Waals surface area contributed by atoms with E-state index in [1.807, 2.05) is 32.6 Å². The van der Waals surface area contributed by atoms with Gasteiger partial charge in [0.25, 0.3) is 0 Å². The number of carbonyl (C=O) groups is 2. The largest absolute Gasteiger partial charge is 0.338 e. The van der Waals surface area contributed by atoms with Crippen molar-refractivity contribution in [1.29, 1.82) is 0 Å². The van der Waals surface area contributed by atoms with E-state index in [0.717, 1.165) is 12.1 Å². The van der Waals surface area contributed by atoms with Crippen LogP contribution in [0, 0.1) is 11.3 Å². The molecule has 0 radical (unpaired) electrons. The molecule has 88 valence electrons. The maximum absolute atomic E-state index is 12.1. The molecule has 1 atom stereocenters. The summed E-state index contributed by atoms with van der Waals surface area (Å²) in [6.45, 7) is 9.11. The van der Waals surface area contributed by atoms with Crippen LogP contribution in [0.2, 0.25) is 0 Å². The highest BCUT2D eigenvalue weighted by Gasteiger charge is 2.40. The number of amides is 1. The van der Waals surface area contributed by atoms with Gasteiger partial charge in [0, 0.05) is 30.8 Å². The van der Waals surface area contributed by atoms with E-state index >= 15 is 0 Å². The van der Waals surface area contributed by atoms with E-state index in [1.165, 1.54) is 5.57 Å². The van der Waals surface area contributed by atoms with Gasteiger partial charge in [-0.1, -0.05) is 20.8 Å². The van der Waals surface area contributed by atoms with Crippen LogP contribution in [-0.2, 0) is 9.59 Å². The van der Waals surface area contributed by atoms with Crippen LogP contribution < -0.4 is 0 Å². The average Bonchev–Trinajstić information content (AvgIpc) is 2.66. The van der Waals surface area contributed by atoms with Crippen molar-refractivity contribution in [3.8, 4) is 0 Å². The number of likely N-dealkylation sites (tertiary alicyclic amines) is 1. The maximum Gasteiger partial charge on any atom is 0.228 e. The van der Waals surface area contributed by atoms with Crippen LogP contribution in [0.4, 0.5) is 0 Å². The van der Waals surface area contributed by atoms with Crippen LogP contribution in [-0.4, -0.2) is 29.7 Å². The predicted molar refractivity (Wildman–Crippen MR) is 61.8 cm³/mol. The van der Waals surface area contributed by atoms with Crippen LogP contribution in [0.15, 0.2) is 11.1 Å². The summed E-state index contributed by atoms with van der Waals surface area (Å²) in [7, 11) is 0. The highest BCUT2D eigenvalue weighted by molar-refractivity contribution is 5.99. The molecule has 0 unspecified atom stereocenters. The predicted octanol–water partition coefficient (Wildman–Crippen LogP) is 1.78. The Morgan fingerprint density at radius 3 is 2.50 bits per heavy atom. The summed E-state index contributed by atoms with van der Waals surface area (Å²) in [5, 5.41) is 0. The van der Waals surface area contributed by atoms with Gasteiger partial charge in [0.15, 0.2) is 5.78 Å². The van der Waals surface area contributed by atoms with Gasteiger partial charge in [0.1, 0.15) is 0 Å². The van der Waals surface area contributed by atoms with Gasteiger partial charge in [-0.15, -0.1) is 0 Å². The third-order valence-electron chi connectivity index (χ3n) is 3.56. The van der Waals surface area contributed by atoms with Crippen molar-refractivity contribution in [2.24, 2.45) is 11.3 Å². The highest BCUT2D eigenvalue weighted by atomic mass is 16.2. The zero-order valence-corrected chi connectivity index (χ0v) is 10.5. The fraction of sp³-hybridized carbons (Fsp3) is 0.692. The van der Waals surface area contributed by atoms with E-state index in [1.54, 1.807) is 0 Å². The third-order valence-corrected chi connectivity index (χ3v) is 3.56. The second kappa shape index (κ2) is 3.44. The fourth-order valence-electron chi connectivity index (χ4n) is 2.57. The molecule has 2 rings (SSSR count). The Morgan fingerprint density at radius 2 is 2.00 bits per heavy atom. The zero-order valence-electron chi connectivity index (χ0n) is 10.5. The number of rotatable bonds is 0. The van der Waals surface area contributed by atoms with Gasteiger partial charge in [-0.25, -0.2) is 0 Å². The molecule has 2 aliphatic rings. The molecule has 0 aromatic heterocycles. The van der Waals surface area contributed by atoms with Crippen LogP contribution in [0.1, 0.15) is 34.1 Å². The SMILES string of the molecule is CC1=C2CN(C(=O)C(C)(C)C)C[C@@H]2CC1=O. The molecule has 0 saturated carbocycles. The van der Waals surface area contributed by atoms with Crippen LogP contribution in [0.25, 0.3) is 0 Å². The fourth-order valence-corrected chi connectivity index (χ4v) is 2.57. The summed E-state index contributed by atoms with van der Waals surface area (Å²) in [4.78, 5) is 25.5. The van der Waals surface area contributed by atoms with Crippen LogP contribution >= 0.6 is 0 Å². The number of fused-ring (bicyclic) bond motifs is 1. The summed E-state index contributed by atoms with van der Waals surface area (Å²) in [6.07, 6.45) is 0.606. The Labute approximate surface area is 96.5 Å². The minimum absolute atomic E-state index is 0.189. The van der Waals surface area contributed by atoms with Gasteiger partial charge in [-0.3, -0.25) is 9.59 Å². The van der Waals surface area contributed by atoms with Crippen LogP contribution in [0.5, 0.6) is 0 Å². The van der Waals surface area contributed by atoms with E-state index in [9.17, 15) is 9.59 Å². The van der Waals surface area contributed by atoms with Crippen molar-refractivity contribution in [2.45, 2.75) is 34.1 Å². The van der Waals surface area contributed by atoms with Crippen molar-refractivity contribution in [1.82, 2.24) is 4.90 Å². The Bertz CT molecular complexity index is 387. The van der Waals surface area contributed by atoms with Crippen molar-refractivity contribution in [3.63, 3.8) is 0 Å². The molecule has 0 aromatic rings. The normalized spacial score (nSPS) is 25.4. The Balaban J connectivity index is 2.17. The summed E-state index contributed by atoms with van der Waals surface area (Å²) in [5.74, 6) is 0.760. The van der Waals surface area contributed by atoms with Crippen molar-refractivity contribution in [2.75, 3.05) is 13.1 Å². The third kappa shape index (κ3) is 1.68. The summed E-state index contributed by atoms with van der Waals surface area (Å²) < 4.78 is 0. The van der Waals surface area contributed by atoms with E-state index in [2.05, 4.69) is 0 Å². The first kappa shape index (κ1) is 11.4. The molecule has 0 spiro atoms. The number of nitrogens with zero attached hydrogens (tertiary/aromatic N) is 1. The van der Waals surface area contributed by atoms with Gasteiger partial charge in [0.2, 0.25) is 5.91 Å². The van der Waals surface area contributed by atoms with Crippen molar-refractivity contribution in [3.05, 3.63) is 11.1 Å². The molecule has 0 bridgehead atoms. The summed E-state index contributed by atoms with van der Waals surface area (Å²) in [5.41, 5.74) is 1.77. The molecule has 3 nitrogen and oxygen atoms in total. The first-order chi connectivity index (χ1) is 7.30. The maximum atomic E-state index is 12.1. The number of allylic oxidation sites excluding steroid dienone is 1. The van der Waals surface area contributed by atoms with Crippen molar-refractivity contribution >= 4 is 11.7 Å². The quantitative estimate of drug-likeness (QED) is 0.625. The molecule has 1 fully saturated rings. The van der Waals surface area contributed by atoms with Gasteiger partial charge in [-0.2, -0.15) is 0 Å². The summed E-state index contributed by atoms with van der Waals surface area (Å²) in [6, 6.07) is 0. The van der Waals surface area contributed by atoms with Gasteiger partial charge in [0.05, 0.1) is 0 Å². The standard InChI is InChI=1S/C13H19NO2/c1-8-10-7-14(12(16)13(2,3)4)6-9(10)5-11(8)15/h9H,5-7H2,1-4H3/t9-/m0/s1. The molecule has 1 amide bonds. The highest BCUT2D eigenvalue weighted by Crippen LogP contribution is 2.36. The molecule has 1 saturated heterocycles. The first-order valence-electron chi connectivity index (χ1n) is 5.83. The van der Waals surface area contributed by atoms with Crippen LogP contribution in [0.3, 0.4) is 0 Å². The van der Waals surface area contributed by atoms with E-state index in [0.29, 0.717) is 18.9 Å². The second-order valence-electron chi connectivity index (χ2n) is 5.91. The molecule has 0 aromatic carbocycles. The Kier molecular flexibility index (Phi) is 2.44. The number of hydrogen-bond donors (Lipinski definition) is 0. The molecule has 0 N–H and O–H groups in total. The molecule has 3 heteroatoms. The van der Waals surface area contributed by atoms with Gasteiger partial charge >= 0.3 is 0 Å². The lowest BCUT2D eigenvalue weighted by atomic mass is 9.95. The minimum atomic E-state index is -0.322. The van der Waals surface area contributed by atoms with E-state index in [4.69, 9.17) is 0 Å². The summed E-state index contributed by atoms with van der Waals surface area (Å²) >= 11 is 0. The molecule has 1 aliphatic heterocycles. The van der Waals surface area contributed by atoms with E-state index < -0.39 is 0 Å². The number of ketones is 1. The number of hydrogen-bond acceptors (Lipinski definition) is 2. The molecular weight excluding hydrogens is 202 g/mol.